The molecule has 0 saturated carbocycles. The molecule has 0 aliphatic heterocycles. The van der Waals surface area contributed by atoms with Gasteiger partial charge in [-0.15, -0.1) is 0 Å². The van der Waals surface area contributed by atoms with Crippen LogP contribution in [0.2, 0.25) is 0 Å². The second-order valence-electron chi connectivity index (χ2n) is 6.29. The van der Waals surface area contributed by atoms with Crippen LogP contribution >= 0.6 is 15.9 Å². The molecule has 1 amide bonds. The average molecular weight is 420 g/mol. The molecule has 1 atom stereocenters. The lowest BCUT2D eigenvalue weighted by molar-refractivity contribution is -0.124. The minimum atomic E-state index is -0.523. The molecule has 2 aromatic carbocycles. The number of aromatic nitrogens is 2. The first kappa shape index (κ1) is 18.4. The smallest absolute Gasteiger partial charge is 0.258 e. The van der Waals surface area contributed by atoms with Crippen LogP contribution in [0.1, 0.15) is 25.7 Å². The predicted molar refractivity (Wildman–Crippen MR) is 101 cm³/mol. The Morgan fingerprint density at radius 1 is 1.31 bits per heavy atom. The lowest BCUT2D eigenvalue weighted by atomic mass is 10.0. The number of nitrogens with one attached hydrogen (secondary N) is 2. The molecule has 0 radical (unpaired) electrons. The van der Waals surface area contributed by atoms with Crippen molar-refractivity contribution in [2.24, 2.45) is 5.92 Å². The number of carbonyl (C=O) groups excluding carboxylic acids is 1. The molecular weight excluding hydrogens is 401 g/mol. The molecule has 0 aliphatic rings. The number of imidazole rings is 1. The largest absolute Gasteiger partial charge is 0.481 e. The van der Waals surface area contributed by atoms with Crippen molar-refractivity contribution in [3.63, 3.8) is 0 Å². The van der Waals surface area contributed by atoms with Gasteiger partial charge in [-0.1, -0.05) is 41.9 Å². The van der Waals surface area contributed by atoms with Crippen molar-refractivity contribution < 1.29 is 13.9 Å². The predicted octanol–water partition coefficient (Wildman–Crippen LogP) is 4.36. The molecule has 0 saturated heterocycles. The fourth-order valence-electron chi connectivity index (χ4n) is 2.62. The number of nitrogens with zero attached hydrogens (tertiary/aromatic N) is 1. The summed E-state index contributed by atoms with van der Waals surface area (Å²) < 4.78 is 19.7. The van der Waals surface area contributed by atoms with Crippen molar-refractivity contribution in [3.8, 4) is 5.75 Å². The van der Waals surface area contributed by atoms with Crippen LogP contribution in [0.25, 0.3) is 11.0 Å². The third kappa shape index (κ3) is 4.22. The Labute approximate surface area is 159 Å². The van der Waals surface area contributed by atoms with E-state index in [1.807, 2.05) is 38.1 Å². The number of aromatic amines is 1. The standard InChI is InChI=1S/C19H19BrFN3O2/c1-11(2)18(19-22-14-5-3-4-6-15(14)23-19)24-17(25)10-26-16-8-7-12(20)9-13(16)21/h3-9,11,18H,10H2,1-2H3,(H,22,23)(H,24,25). The topological polar surface area (TPSA) is 67.0 Å². The highest BCUT2D eigenvalue weighted by Gasteiger charge is 2.22. The SMILES string of the molecule is CC(C)C(NC(=O)COc1ccc(Br)cc1F)c1nc2ccccc2[nH]1. The van der Waals surface area contributed by atoms with E-state index in [-0.39, 0.29) is 30.2 Å². The number of carbonyl (C=O) groups is 1. The van der Waals surface area contributed by atoms with Crippen molar-refractivity contribution in [1.29, 1.82) is 0 Å². The summed E-state index contributed by atoms with van der Waals surface area (Å²) in [5.41, 5.74) is 1.76. The zero-order valence-corrected chi connectivity index (χ0v) is 16.0. The van der Waals surface area contributed by atoms with E-state index in [1.54, 1.807) is 6.07 Å². The summed E-state index contributed by atoms with van der Waals surface area (Å²) in [5, 5.41) is 2.91. The fourth-order valence-corrected chi connectivity index (χ4v) is 2.95. The van der Waals surface area contributed by atoms with Crippen LogP contribution < -0.4 is 10.1 Å². The van der Waals surface area contributed by atoms with E-state index >= 15 is 0 Å². The normalized spacial score (nSPS) is 12.3. The minimum Gasteiger partial charge on any atom is -0.481 e. The quantitative estimate of drug-likeness (QED) is 0.623. The Morgan fingerprint density at radius 2 is 2.08 bits per heavy atom. The molecule has 7 heteroatoms. The van der Waals surface area contributed by atoms with Crippen LogP contribution in [-0.4, -0.2) is 22.5 Å². The molecule has 136 valence electrons. The molecular formula is C19H19BrFN3O2. The average Bonchev–Trinajstić information content (AvgIpc) is 3.02. The third-order valence-corrected chi connectivity index (χ3v) is 4.43. The lowest BCUT2D eigenvalue weighted by Crippen LogP contribution is -2.35. The van der Waals surface area contributed by atoms with Gasteiger partial charge in [0.05, 0.1) is 17.1 Å². The van der Waals surface area contributed by atoms with Crippen LogP contribution in [0, 0.1) is 11.7 Å². The van der Waals surface area contributed by atoms with E-state index in [2.05, 4.69) is 31.2 Å². The Morgan fingerprint density at radius 3 is 2.77 bits per heavy atom. The summed E-state index contributed by atoms with van der Waals surface area (Å²) in [6, 6.07) is 11.8. The first-order chi connectivity index (χ1) is 12.4. The van der Waals surface area contributed by atoms with Gasteiger partial charge in [-0.2, -0.15) is 0 Å². The number of fused-ring (bicyclic) bond motifs is 1. The lowest BCUT2D eigenvalue weighted by Gasteiger charge is -2.20. The number of H-pyrrole nitrogens is 1. The van der Waals surface area contributed by atoms with Gasteiger partial charge in [0, 0.05) is 4.47 Å². The molecule has 0 bridgehead atoms. The molecule has 0 spiro atoms. The van der Waals surface area contributed by atoms with Gasteiger partial charge in [-0.05, 0) is 36.2 Å². The Balaban J connectivity index is 1.68. The highest BCUT2D eigenvalue weighted by atomic mass is 79.9. The van der Waals surface area contributed by atoms with E-state index in [0.29, 0.717) is 10.3 Å². The number of hydrogen-bond donors (Lipinski definition) is 2. The van der Waals surface area contributed by atoms with Gasteiger partial charge in [-0.25, -0.2) is 9.37 Å². The van der Waals surface area contributed by atoms with Crippen LogP contribution in [0.4, 0.5) is 4.39 Å². The van der Waals surface area contributed by atoms with Gasteiger partial charge in [-0.3, -0.25) is 4.79 Å². The molecule has 1 unspecified atom stereocenters. The van der Waals surface area contributed by atoms with E-state index in [0.717, 1.165) is 11.0 Å². The maximum Gasteiger partial charge on any atom is 0.258 e. The molecule has 1 heterocycles. The third-order valence-electron chi connectivity index (χ3n) is 3.94. The van der Waals surface area contributed by atoms with E-state index < -0.39 is 5.82 Å². The minimum absolute atomic E-state index is 0.0354. The number of halogens is 2. The molecule has 3 aromatic rings. The summed E-state index contributed by atoms with van der Waals surface area (Å²) in [6.45, 7) is 3.71. The van der Waals surface area contributed by atoms with E-state index in [4.69, 9.17) is 4.74 Å². The highest BCUT2D eigenvalue weighted by molar-refractivity contribution is 9.10. The molecule has 3 rings (SSSR count). The highest BCUT2D eigenvalue weighted by Crippen LogP contribution is 2.23. The van der Waals surface area contributed by atoms with Crippen molar-refractivity contribution >= 4 is 32.9 Å². The van der Waals surface area contributed by atoms with Crippen LogP contribution in [0.15, 0.2) is 46.9 Å². The van der Waals surface area contributed by atoms with Crippen molar-refractivity contribution in [2.75, 3.05) is 6.61 Å². The summed E-state index contributed by atoms with van der Waals surface area (Å²) >= 11 is 3.18. The monoisotopic (exact) mass is 419 g/mol. The van der Waals surface area contributed by atoms with Gasteiger partial charge in [0.1, 0.15) is 5.82 Å². The second kappa shape index (κ2) is 7.86. The zero-order valence-electron chi connectivity index (χ0n) is 14.4. The zero-order chi connectivity index (χ0) is 18.7. The second-order valence-corrected chi connectivity index (χ2v) is 7.21. The summed E-state index contributed by atoms with van der Waals surface area (Å²) in [5.74, 6) is -0.0298. The number of benzene rings is 2. The molecule has 1 aromatic heterocycles. The maximum absolute atomic E-state index is 13.8. The van der Waals surface area contributed by atoms with Crippen molar-refractivity contribution in [2.45, 2.75) is 19.9 Å². The van der Waals surface area contributed by atoms with Crippen LogP contribution in [0.5, 0.6) is 5.75 Å². The Hall–Kier alpha value is -2.41. The van der Waals surface area contributed by atoms with Crippen molar-refractivity contribution in [3.05, 3.63) is 58.6 Å². The van der Waals surface area contributed by atoms with Gasteiger partial charge < -0.3 is 15.0 Å². The van der Waals surface area contributed by atoms with Crippen molar-refractivity contribution in [1.82, 2.24) is 15.3 Å². The molecule has 5 nitrogen and oxygen atoms in total. The van der Waals surface area contributed by atoms with Crippen LogP contribution in [-0.2, 0) is 4.79 Å². The number of para-hydroxylation sites is 2. The molecule has 0 aliphatic carbocycles. The van der Waals surface area contributed by atoms with Gasteiger partial charge >= 0.3 is 0 Å². The summed E-state index contributed by atoms with van der Waals surface area (Å²) in [6.07, 6.45) is 0. The Bertz CT molecular complexity index is 893. The Kier molecular flexibility index (Phi) is 5.56. The van der Waals surface area contributed by atoms with Crippen LogP contribution in [0.3, 0.4) is 0 Å². The number of hydrogen-bond acceptors (Lipinski definition) is 3. The first-order valence-corrected chi connectivity index (χ1v) is 9.05. The van der Waals surface area contributed by atoms with Gasteiger partial charge in [0.25, 0.3) is 5.91 Å². The number of amides is 1. The first-order valence-electron chi connectivity index (χ1n) is 8.26. The number of ether oxygens (including phenoxy) is 1. The molecule has 2 N–H and O–H groups in total. The molecule has 26 heavy (non-hydrogen) atoms. The van der Waals surface area contributed by atoms with Gasteiger partial charge in [0.15, 0.2) is 18.2 Å². The van der Waals surface area contributed by atoms with E-state index in [1.165, 1.54) is 12.1 Å². The van der Waals surface area contributed by atoms with Gasteiger partial charge in [0.2, 0.25) is 0 Å². The number of rotatable bonds is 6. The molecule has 0 fully saturated rings. The summed E-state index contributed by atoms with van der Waals surface area (Å²) in [7, 11) is 0. The maximum atomic E-state index is 13.8. The van der Waals surface area contributed by atoms with E-state index in [9.17, 15) is 9.18 Å². The summed E-state index contributed by atoms with van der Waals surface area (Å²) in [4.78, 5) is 20.1. The fraction of sp³-hybridized carbons (Fsp3) is 0.263.